The largest absolute Gasteiger partial charge is 0.494 e. The molecule has 26 heavy (non-hydrogen) atoms. The lowest BCUT2D eigenvalue weighted by molar-refractivity contribution is -0.117. The minimum absolute atomic E-state index is 0.0980. The molecule has 0 saturated heterocycles. The summed E-state index contributed by atoms with van der Waals surface area (Å²) >= 11 is 3.43. The molecule has 0 aliphatic rings. The number of ether oxygens (including phenoxy) is 2. The summed E-state index contributed by atoms with van der Waals surface area (Å²) in [7, 11) is 1.92. The molecule has 0 saturated carbocycles. The Balaban J connectivity index is 1.99. The summed E-state index contributed by atoms with van der Waals surface area (Å²) in [6.07, 6.45) is 0. The number of carbonyl (C=O) groups excluding carboxylic acids is 1. The van der Waals surface area contributed by atoms with Crippen LogP contribution in [0.5, 0.6) is 11.5 Å². The van der Waals surface area contributed by atoms with E-state index in [0.717, 1.165) is 10.0 Å². The monoisotopic (exact) mass is 420 g/mol. The molecule has 5 nitrogen and oxygen atoms in total. The van der Waals surface area contributed by atoms with Gasteiger partial charge in [0.15, 0.2) is 0 Å². The molecule has 0 fully saturated rings. The van der Waals surface area contributed by atoms with Crippen molar-refractivity contribution in [1.29, 1.82) is 0 Å². The van der Waals surface area contributed by atoms with Crippen LogP contribution >= 0.6 is 15.9 Å². The normalized spacial score (nSPS) is 10.7. The van der Waals surface area contributed by atoms with Crippen LogP contribution in [0.4, 0.5) is 5.69 Å². The van der Waals surface area contributed by atoms with Crippen LogP contribution in [0.1, 0.15) is 19.4 Å². The Labute approximate surface area is 163 Å². The van der Waals surface area contributed by atoms with E-state index in [9.17, 15) is 4.79 Å². The van der Waals surface area contributed by atoms with Gasteiger partial charge < -0.3 is 14.8 Å². The zero-order valence-corrected chi connectivity index (χ0v) is 17.0. The Hall–Kier alpha value is -2.05. The number of anilines is 1. The molecule has 0 radical (unpaired) electrons. The first-order valence-corrected chi connectivity index (χ1v) is 9.43. The van der Waals surface area contributed by atoms with Crippen LogP contribution in [-0.2, 0) is 11.3 Å². The molecule has 0 bridgehead atoms. The van der Waals surface area contributed by atoms with Crippen molar-refractivity contribution in [1.82, 2.24) is 4.90 Å². The predicted molar refractivity (Wildman–Crippen MR) is 108 cm³/mol. The molecule has 2 rings (SSSR count). The van der Waals surface area contributed by atoms with Gasteiger partial charge in [-0.15, -0.1) is 0 Å². The van der Waals surface area contributed by atoms with Crippen molar-refractivity contribution in [3.63, 3.8) is 0 Å². The average Bonchev–Trinajstić information content (AvgIpc) is 2.59. The van der Waals surface area contributed by atoms with Crippen LogP contribution in [0.3, 0.4) is 0 Å². The molecule has 0 atom stereocenters. The molecule has 0 aliphatic heterocycles. The summed E-state index contributed by atoms with van der Waals surface area (Å²) in [6, 6.07) is 13.5. The van der Waals surface area contributed by atoms with E-state index in [-0.39, 0.29) is 12.5 Å². The Bertz CT molecular complexity index is 719. The van der Waals surface area contributed by atoms with Gasteiger partial charge in [-0.1, -0.05) is 28.1 Å². The minimum Gasteiger partial charge on any atom is -0.494 e. The third-order valence-electron chi connectivity index (χ3n) is 3.62. The van der Waals surface area contributed by atoms with Crippen LogP contribution in [-0.4, -0.2) is 37.6 Å². The number of benzene rings is 2. The maximum Gasteiger partial charge on any atom is 0.238 e. The molecule has 140 valence electrons. The summed E-state index contributed by atoms with van der Waals surface area (Å²) in [4.78, 5) is 14.4. The number of nitrogens with zero attached hydrogens (tertiary/aromatic N) is 1. The van der Waals surface area contributed by atoms with E-state index in [4.69, 9.17) is 9.47 Å². The fraction of sp³-hybridized carbons (Fsp3) is 0.350. The molecule has 2 aromatic carbocycles. The van der Waals surface area contributed by atoms with Crippen LogP contribution in [0.25, 0.3) is 0 Å². The molecule has 0 spiro atoms. The molecule has 1 N–H and O–H groups in total. The second-order valence-corrected chi connectivity index (χ2v) is 6.79. The highest BCUT2D eigenvalue weighted by Crippen LogP contribution is 2.29. The zero-order valence-electron chi connectivity index (χ0n) is 15.4. The number of amides is 1. The summed E-state index contributed by atoms with van der Waals surface area (Å²) in [5.74, 6) is 1.24. The topological polar surface area (TPSA) is 50.8 Å². The van der Waals surface area contributed by atoms with E-state index in [1.165, 1.54) is 0 Å². The average molecular weight is 421 g/mol. The predicted octanol–water partition coefficient (Wildman–Crippen LogP) is 4.32. The number of rotatable bonds is 9. The number of halogens is 1. The van der Waals surface area contributed by atoms with Crippen LogP contribution < -0.4 is 14.8 Å². The minimum atomic E-state index is -0.0980. The van der Waals surface area contributed by atoms with Crippen molar-refractivity contribution in [2.45, 2.75) is 20.4 Å². The molecule has 2 aromatic rings. The standard InChI is InChI=1S/C20H25BrN2O3/c1-4-25-17-10-11-19(26-5-2)18(12-17)22-20(24)14-23(3)13-15-6-8-16(21)9-7-15/h6-12H,4-5,13-14H2,1-3H3,(H,22,24). The van der Waals surface area contributed by atoms with Crippen molar-refractivity contribution in [3.8, 4) is 11.5 Å². The van der Waals surface area contributed by atoms with Gasteiger partial charge in [-0.05, 0) is 50.7 Å². The third kappa shape index (κ3) is 6.35. The van der Waals surface area contributed by atoms with Gasteiger partial charge in [0.1, 0.15) is 11.5 Å². The van der Waals surface area contributed by atoms with E-state index in [2.05, 4.69) is 21.2 Å². The molecule has 0 unspecified atom stereocenters. The SMILES string of the molecule is CCOc1ccc(OCC)c(NC(=O)CN(C)Cc2ccc(Br)cc2)c1. The molecule has 6 heteroatoms. The van der Waals surface area contributed by atoms with Gasteiger partial charge in [0, 0.05) is 17.1 Å². The number of likely N-dealkylation sites (N-methyl/N-ethyl adjacent to an activating group) is 1. The van der Waals surface area contributed by atoms with E-state index in [1.807, 2.05) is 62.2 Å². The molecular formula is C20H25BrN2O3. The highest BCUT2D eigenvalue weighted by Gasteiger charge is 2.12. The van der Waals surface area contributed by atoms with Crippen LogP contribution in [0.2, 0.25) is 0 Å². The third-order valence-corrected chi connectivity index (χ3v) is 4.14. The number of carbonyl (C=O) groups is 1. The first-order chi connectivity index (χ1) is 12.5. The summed E-state index contributed by atoms with van der Waals surface area (Å²) in [6.45, 7) is 5.90. The molecular weight excluding hydrogens is 396 g/mol. The van der Waals surface area contributed by atoms with Crippen LogP contribution in [0.15, 0.2) is 46.9 Å². The van der Waals surface area contributed by atoms with Gasteiger partial charge in [-0.3, -0.25) is 9.69 Å². The van der Waals surface area contributed by atoms with E-state index >= 15 is 0 Å². The van der Waals surface area contributed by atoms with Gasteiger partial charge in [0.2, 0.25) is 5.91 Å². The Morgan fingerprint density at radius 2 is 1.77 bits per heavy atom. The first kappa shape index (κ1) is 20.3. The second-order valence-electron chi connectivity index (χ2n) is 5.87. The lowest BCUT2D eigenvalue weighted by atomic mass is 10.2. The number of nitrogens with one attached hydrogen (secondary N) is 1. The summed E-state index contributed by atoms with van der Waals surface area (Å²) in [5.41, 5.74) is 1.77. The van der Waals surface area contributed by atoms with E-state index < -0.39 is 0 Å². The lowest BCUT2D eigenvalue weighted by Gasteiger charge is -2.18. The van der Waals surface area contributed by atoms with Gasteiger partial charge >= 0.3 is 0 Å². The molecule has 1 amide bonds. The second kappa shape index (κ2) is 10.2. The smallest absolute Gasteiger partial charge is 0.238 e. The lowest BCUT2D eigenvalue weighted by Crippen LogP contribution is -2.30. The van der Waals surface area contributed by atoms with Gasteiger partial charge in [-0.2, -0.15) is 0 Å². The Morgan fingerprint density at radius 1 is 1.08 bits per heavy atom. The highest BCUT2D eigenvalue weighted by atomic mass is 79.9. The summed E-state index contributed by atoms with van der Waals surface area (Å²) in [5, 5.41) is 2.93. The maximum absolute atomic E-state index is 12.4. The fourth-order valence-electron chi connectivity index (χ4n) is 2.54. The molecule has 0 aromatic heterocycles. The Kier molecular flexibility index (Phi) is 7.94. The van der Waals surface area contributed by atoms with Gasteiger partial charge in [-0.25, -0.2) is 0 Å². The van der Waals surface area contributed by atoms with Crippen molar-refractivity contribution < 1.29 is 14.3 Å². The fourth-order valence-corrected chi connectivity index (χ4v) is 2.80. The van der Waals surface area contributed by atoms with Crippen molar-refractivity contribution in [2.24, 2.45) is 0 Å². The van der Waals surface area contributed by atoms with Crippen molar-refractivity contribution >= 4 is 27.5 Å². The Morgan fingerprint density at radius 3 is 2.42 bits per heavy atom. The van der Waals surface area contributed by atoms with Crippen molar-refractivity contribution in [2.75, 3.05) is 32.1 Å². The summed E-state index contributed by atoms with van der Waals surface area (Å²) < 4.78 is 12.1. The number of hydrogen-bond donors (Lipinski definition) is 1. The molecule has 0 heterocycles. The number of hydrogen-bond acceptors (Lipinski definition) is 4. The zero-order chi connectivity index (χ0) is 18.9. The van der Waals surface area contributed by atoms with Gasteiger partial charge in [0.25, 0.3) is 0 Å². The van der Waals surface area contributed by atoms with E-state index in [0.29, 0.717) is 36.9 Å². The van der Waals surface area contributed by atoms with Crippen molar-refractivity contribution in [3.05, 3.63) is 52.5 Å². The van der Waals surface area contributed by atoms with E-state index in [1.54, 1.807) is 6.07 Å². The van der Waals surface area contributed by atoms with Crippen LogP contribution in [0, 0.1) is 0 Å². The first-order valence-electron chi connectivity index (χ1n) is 8.64. The highest BCUT2D eigenvalue weighted by molar-refractivity contribution is 9.10. The quantitative estimate of drug-likeness (QED) is 0.656. The van der Waals surface area contributed by atoms with Gasteiger partial charge in [0.05, 0.1) is 25.4 Å². The molecule has 0 aliphatic carbocycles. The maximum atomic E-state index is 12.4.